The summed E-state index contributed by atoms with van der Waals surface area (Å²) in [7, 11) is 11.0. The van der Waals surface area contributed by atoms with Crippen molar-refractivity contribution in [3.05, 3.63) is 131 Å². The predicted molar refractivity (Wildman–Crippen MR) is 179 cm³/mol. The molecule has 0 N–H and O–H groups in total. The van der Waals surface area contributed by atoms with Crippen molar-refractivity contribution in [1.82, 2.24) is 0 Å². The summed E-state index contributed by atoms with van der Waals surface area (Å²) in [5, 5.41) is 1.52. The fourth-order valence-corrected chi connectivity index (χ4v) is 4.98. The van der Waals surface area contributed by atoms with Crippen LogP contribution in [0.5, 0.6) is 0 Å². The van der Waals surface area contributed by atoms with Crippen molar-refractivity contribution in [2.75, 3.05) is 0 Å². The molecule has 6 aromatic rings. The summed E-state index contributed by atoms with van der Waals surface area (Å²) in [5.41, 5.74) is -1.35. The van der Waals surface area contributed by atoms with Crippen molar-refractivity contribution in [1.29, 1.82) is 0 Å². The molecule has 52 heavy (non-hydrogen) atoms. The Labute approximate surface area is 311 Å². The average molecular weight is 875 g/mol. The van der Waals surface area contributed by atoms with Crippen molar-refractivity contribution in [3.63, 3.8) is 0 Å². The first-order chi connectivity index (χ1) is 24.1. The molecule has 0 nitrogen and oxygen atoms in total. The maximum atomic E-state index is 12.8. The van der Waals surface area contributed by atoms with E-state index in [1.165, 1.54) is 36.4 Å². The summed E-state index contributed by atoms with van der Waals surface area (Å²) >= 11 is -0.826. The average Bonchev–Trinajstić information content (AvgIpc) is 3.71. The predicted octanol–water partition coefficient (Wildman–Crippen LogP) is 14.7. The quantitative estimate of drug-likeness (QED) is 0.0924. The van der Waals surface area contributed by atoms with Crippen LogP contribution >= 0.6 is 17.0 Å². The second-order valence-corrected chi connectivity index (χ2v) is 15.6. The third kappa shape index (κ3) is 11.5. The Morgan fingerprint density at radius 2 is 0.769 bits per heavy atom. The van der Waals surface area contributed by atoms with Gasteiger partial charge in [-0.1, -0.05) is 60.6 Å². The van der Waals surface area contributed by atoms with Gasteiger partial charge in [-0.3, -0.25) is 0 Å². The van der Waals surface area contributed by atoms with Gasteiger partial charge in [0.2, 0.25) is 0 Å². The van der Waals surface area contributed by atoms with E-state index in [0.29, 0.717) is 43.8 Å². The molecule has 0 aliphatic rings. The Kier molecular flexibility index (Phi) is 14.9. The molecular weight excluding hydrogens is 851 g/mol. The third-order valence-corrected chi connectivity index (χ3v) is 7.20. The molecule has 0 aliphatic heterocycles. The van der Waals surface area contributed by atoms with Gasteiger partial charge in [0.15, 0.2) is 0 Å². The molecule has 2 radical (unpaired) electrons. The van der Waals surface area contributed by atoms with Crippen molar-refractivity contribution >= 4 is 48.1 Å². The van der Waals surface area contributed by atoms with Gasteiger partial charge in [0.25, 0.3) is 0 Å². The van der Waals surface area contributed by atoms with E-state index in [-0.39, 0.29) is 0 Å². The molecular formula is C36H24Cl2F12SiZr. The molecule has 0 spiro atoms. The van der Waals surface area contributed by atoms with Gasteiger partial charge in [-0.25, -0.2) is 0 Å². The second kappa shape index (κ2) is 17.8. The van der Waals surface area contributed by atoms with Crippen LogP contribution in [0, 0.1) is 0 Å². The molecule has 0 saturated carbocycles. The molecule has 274 valence electrons. The molecule has 0 aliphatic carbocycles. The van der Waals surface area contributed by atoms with E-state index in [0.717, 1.165) is 58.1 Å². The molecule has 0 unspecified atom stereocenters. The van der Waals surface area contributed by atoms with Crippen LogP contribution in [0.2, 0.25) is 13.1 Å². The number of rotatable bonds is 2. The van der Waals surface area contributed by atoms with Crippen molar-refractivity contribution in [3.8, 4) is 22.3 Å². The zero-order chi connectivity index (χ0) is 39.1. The molecule has 0 fully saturated rings. The van der Waals surface area contributed by atoms with Crippen LogP contribution in [0.4, 0.5) is 52.7 Å². The van der Waals surface area contributed by atoms with Gasteiger partial charge < -0.3 is 0 Å². The summed E-state index contributed by atoms with van der Waals surface area (Å²) < 4.78 is 152. The van der Waals surface area contributed by atoms with Crippen LogP contribution in [0.15, 0.2) is 109 Å². The molecule has 0 atom stereocenters. The van der Waals surface area contributed by atoms with Crippen LogP contribution < -0.4 is 0 Å². The fourth-order valence-electron chi connectivity index (χ4n) is 4.98. The van der Waals surface area contributed by atoms with Crippen LogP contribution in [-0.2, 0) is 45.6 Å². The summed E-state index contributed by atoms with van der Waals surface area (Å²) in [6.07, 6.45) is -17.8. The number of hydrogen-bond donors (Lipinski definition) is 0. The van der Waals surface area contributed by atoms with E-state index in [2.05, 4.69) is 13.1 Å². The Hall–Kier alpha value is -3.06. The standard InChI is InChI=1S/2C17H9F6.C2H6Si.2ClH.Zr/c2*18-16(19,20)12-6-4-10(5-7-12)14-3-1-2-11-8-13(9-15(11)14)17(21,22)23;1-3-2;;;/h2*1-9H;1-2H3;2*1H;/q2*-1;;;;+4/p-2. The minimum atomic E-state index is -4.46. The first kappa shape index (κ1) is 43.3. The van der Waals surface area contributed by atoms with Crippen molar-refractivity contribution in [2.24, 2.45) is 0 Å². The number of benzene rings is 4. The molecule has 0 aromatic heterocycles. The summed E-state index contributed by atoms with van der Waals surface area (Å²) in [6.45, 7) is 4.31. The van der Waals surface area contributed by atoms with E-state index in [9.17, 15) is 52.7 Å². The van der Waals surface area contributed by atoms with Gasteiger partial charge in [0.1, 0.15) is 0 Å². The van der Waals surface area contributed by atoms with Crippen LogP contribution in [0.25, 0.3) is 43.8 Å². The molecule has 0 amide bonds. The van der Waals surface area contributed by atoms with Gasteiger partial charge in [-0.05, 0) is 46.5 Å². The molecule has 6 aromatic carbocycles. The van der Waals surface area contributed by atoms with Crippen molar-refractivity contribution in [2.45, 2.75) is 37.8 Å². The Morgan fingerprint density at radius 3 is 1.02 bits per heavy atom. The fraction of sp³-hybridized carbons (Fsp3) is 0.167. The normalized spacial score (nSPS) is 11.8. The van der Waals surface area contributed by atoms with E-state index < -0.39 is 67.8 Å². The first-order valence-electron chi connectivity index (χ1n) is 14.6. The molecule has 0 bridgehead atoms. The van der Waals surface area contributed by atoms with Gasteiger partial charge in [-0.15, -0.1) is 57.9 Å². The number of halogens is 14. The Balaban J connectivity index is 0.000000244. The van der Waals surface area contributed by atoms with E-state index >= 15 is 0 Å². The van der Waals surface area contributed by atoms with Crippen LogP contribution in [0.3, 0.4) is 0 Å². The zero-order valence-electron chi connectivity index (χ0n) is 26.7. The molecule has 6 rings (SSSR count). The van der Waals surface area contributed by atoms with E-state index in [1.807, 2.05) is 0 Å². The number of alkyl halides is 12. The minimum absolute atomic E-state index is 0.361. The summed E-state index contributed by atoms with van der Waals surface area (Å²) in [6, 6.07) is 22.2. The number of hydrogen-bond acceptors (Lipinski definition) is 0. The third-order valence-electron chi connectivity index (χ3n) is 7.20. The van der Waals surface area contributed by atoms with Crippen molar-refractivity contribution < 1.29 is 73.5 Å². The zero-order valence-corrected chi connectivity index (χ0v) is 31.7. The maximum absolute atomic E-state index is 12.8. The molecule has 0 heterocycles. The van der Waals surface area contributed by atoms with E-state index in [4.69, 9.17) is 17.0 Å². The summed E-state index contributed by atoms with van der Waals surface area (Å²) in [4.78, 5) is 0. The van der Waals surface area contributed by atoms with Gasteiger partial charge in [0, 0.05) is 9.52 Å². The van der Waals surface area contributed by atoms with Gasteiger partial charge in [0.05, 0.1) is 11.1 Å². The Bertz CT molecular complexity index is 1870. The molecule has 16 heteroatoms. The first-order valence-corrected chi connectivity index (χ1v) is 22.9. The SMILES string of the molecule is C[Si]C.FC(F)(F)c1ccc(-c2cccc3[cH-]c(C(F)(F)F)cc23)cc1.FC(F)(F)c1ccc(-c2cccc3[cH-]c(C(F)(F)F)cc23)cc1.[Cl][Zr+2][Cl]. The Morgan fingerprint density at radius 1 is 0.481 bits per heavy atom. The van der Waals surface area contributed by atoms with Gasteiger partial charge in [-0.2, -0.15) is 64.8 Å². The van der Waals surface area contributed by atoms with E-state index in [1.54, 1.807) is 24.3 Å². The van der Waals surface area contributed by atoms with Crippen LogP contribution in [-0.4, -0.2) is 9.52 Å². The van der Waals surface area contributed by atoms with Gasteiger partial charge >= 0.3 is 62.6 Å². The molecule has 0 saturated heterocycles. The number of fused-ring (bicyclic) bond motifs is 2. The second-order valence-electron chi connectivity index (χ2n) is 10.8. The monoisotopic (exact) mass is 872 g/mol. The topological polar surface area (TPSA) is 0 Å². The summed E-state index contributed by atoms with van der Waals surface area (Å²) in [5.74, 6) is 0. The van der Waals surface area contributed by atoms with Crippen LogP contribution in [0.1, 0.15) is 22.3 Å².